The number of aromatic nitrogens is 6. The summed E-state index contributed by atoms with van der Waals surface area (Å²) in [7, 11) is 0. The van der Waals surface area contributed by atoms with Crippen LogP contribution in [0.4, 0.5) is 0 Å². The molecule has 378 valence electrons. The number of aryl methyl sites for hydroxylation is 2. The van der Waals surface area contributed by atoms with E-state index in [1.54, 1.807) is 17.4 Å². The summed E-state index contributed by atoms with van der Waals surface area (Å²) >= 11 is 14.8. The molecule has 0 radical (unpaired) electrons. The van der Waals surface area contributed by atoms with Gasteiger partial charge in [-0.15, -0.1) is 21.5 Å². The zero-order valence-corrected chi connectivity index (χ0v) is 43.2. The monoisotopic (exact) mass is 1040 g/mol. The highest BCUT2D eigenvalue weighted by Crippen LogP contribution is 2.40. The van der Waals surface area contributed by atoms with Crippen molar-refractivity contribution in [3.05, 3.63) is 122 Å². The van der Waals surface area contributed by atoms with Gasteiger partial charge in [0, 0.05) is 78.4 Å². The fourth-order valence-corrected chi connectivity index (χ4v) is 12.6. The van der Waals surface area contributed by atoms with Gasteiger partial charge in [0.05, 0.1) is 41.6 Å². The zero-order chi connectivity index (χ0) is 49.9. The molecule has 0 bridgehead atoms. The lowest BCUT2D eigenvalue weighted by atomic mass is 9.99. The molecule has 73 heavy (non-hydrogen) atoms. The molecule has 12 rings (SSSR count). The number of aliphatic hydroxyl groups is 1. The number of carbonyl (C=O) groups excluding carboxylic acids is 1. The number of benzene rings is 3. The number of piperidine rings is 1. The van der Waals surface area contributed by atoms with Crippen LogP contribution >= 0.6 is 34.5 Å². The molecule has 4 saturated heterocycles. The minimum absolute atomic E-state index is 0.102. The van der Waals surface area contributed by atoms with E-state index in [9.17, 15) is 9.90 Å². The van der Waals surface area contributed by atoms with Crippen molar-refractivity contribution in [2.24, 2.45) is 4.99 Å². The van der Waals surface area contributed by atoms with E-state index < -0.39 is 18.2 Å². The van der Waals surface area contributed by atoms with Crippen molar-refractivity contribution in [1.29, 1.82) is 0 Å². The molecule has 2 N–H and O–H groups in total. The summed E-state index contributed by atoms with van der Waals surface area (Å²) in [5.41, 5.74) is 8.83. The topological polar surface area (TPSA) is 169 Å². The number of nitrogens with one attached hydrogen (secondary N) is 1. The van der Waals surface area contributed by atoms with E-state index in [0.717, 1.165) is 109 Å². The van der Waals surface area contributed by atoms with Gasteiger partial charge in [0.2, 0.25) is 5.91 Å². The van der Waals surface area contributed by atoms with Crippen LogP contribution in [-0.4, -0.2) is 157 Å². The molecule has 16 nitrogen and oxygen atoms in total. The molecule has 3 aromatic carbocycles. The Morgan fingerprint density at radius 2 is 1.53 bits per heavy atom. The van der Waals surface area contributed by atoms with Crippen LogP contribution < -0.4 is 9.47 Å². The number of piperazine rings is 1. The van der Waals surface area contributed by atoms with E-state index in [1.807, 2.05) is 60.4 Å². The number of hydrogen-bond acceptors (Lipinski definition) is 14. The number of rotatable bonds is 12. The summed E-state index contributed by atoms with van der Waals surface area (Å²) in [5.74, 6) is 2.44. The standard InChI is InChI=1S/C54H56Cl2N10O6S/c1-30-31(2)73-53-46(30)48(36-8-12-37(55)13-9-36)57-42(52-62-61-32(3)66(52)53)27-45(68)65-18-16-38(17-19-65)64-22-20-63(21-23-64)24-25-69-39-14-10-34(11-15-39)33-4-6-35(7-5-33)47-40(56)26-41-51(59-47)60-54(58-41)72-44-29-71-49-43(67)28-70-50(44)49/h4-15,26,38,42-44,49-50,67H,16-25,27-29H2,1-3H3,(H,58,59,60)/t42-,43+,44+,49+,50+/m0/s1. The highest BCUT2D eigenvalue weighted by molar-refractivity contribution is 7.15. The second kappa shape index (κ2) is 20.2. The first kappa shape index (κ1) is 48.2. The summed E-state index contributed by atoms with van der Waals surface area (Å²) in [5, 5.41) is 21.4. The number of amides is 1. The summed E-state index contributed by atoms with van der Waals surface area (Å²) < 4.78 is 25.8. The lowest BCUT2D eigenvalue weighted by molar-refractivity contribution is -0.133. The third kappa shape index (κ3) is 9.54. The van der Waals surface area contributed by atoms with Crippen molar-refractivity contribution >= 4 is 57.3 Å². The van der Waals surface area contributed by atoms with Crippen LogP contribution in [0.25, 0.3) is 38.5 Å². The van der Waals surface area contributed by atoms with Gasteiger partial charge in [-0.1, -0.05) is 71.7 Å². The number of halogens is 2. The molecule has 9 heterocycles. The van der Waals surface area contributed by atoms with E-state index in [0.29, 0.717) is 58.0 Å². The number of fused-ring (bicyclic) bond motifs is 5. The van der Waals surface area contributed by atoms with Crippen LogP contribution in [0.1, 0.15) is 58.5 Å². The Morgan fingerprint density at radius 3 is 2.29 bits per heavy atom. The van der Waals surface area contributed by atoms with Crippen molar-refractivity contribution in [1.82, 2.24) is 44.4 Å². The van der Waals surface area contributed by atoms with Crippen molar-refractivity contribution in [2.45, 2.75) is 76.5 Å². The quantitative estimate of drug-likeness (QED) is 0.121. The molecule has 4 fully saturated rings. The lowest BCUT2D eigenvalue weighted by Crippen LogP contribution is -2.54. The normalized spacial score (nSPS) is 22.5. The number of thiophene rings is 1. The van der Waals surface area contributed by atoms with Crippen molar-refractivity contribution in [3.8, 4) is 39.1 Å². The maximum atomic E-state index is 14.1. The van der Waals surface area contributed by atoms with Crippen LogP contribution in [-0.2, 0) is 14.3 Å². The Hall–Kier alpha value is -5.76. The van der Waals surface area contributed by atoms with Crippen molar-refractivity contribution in [2.75, 3.05) is 65.6 Å². The minimum Gasteiger partial charge on any atom is -0.492 e. The molecule has 5 atom stereocenters. The molecule has 7 aromatic rings. The Balaban J connectivity index is 0.600. The summed E-state index contributed by atoms with van der Waals surface area (Å²) in [4.78, 5) is 40.3. The number of aliphatic imine (C=N–C) groups is 1. The fourth-order valence-electron chi connectivity index (χ4n) is 11.0. The molecule has 4 aromatic heterocycles. The summed E-state index contributed by atoms with van der Waals surface area (Å²) in [6, 6.07) is 26.2. The first-order valence-corrected chi connectivity index (χ1v) is 26.7. The average Bonchev–Trinajstić information content (AvgIpc) is 4.23. The molecule has 5 aliphatic heterocycles. The third-order valence-corrected chi connectivity index (χ3v) is 16.9. The summed E-state index contributed by atoms with van der Waals surface area (Å²) in [6.45, 7) is 13.7. The molecular weight excluding hydrogens is 988 g/mol. The van der Waals surface area contributed by atoms with Crippen LogP contribution in [0.5, 0.6) is 11.8 Å². The number of likely N-dealkylation sites (tertiary alicyclic amines) is 1. The van der Waals surface area contributed by atoms with E-state index in [1.165, 1.54) is 10.4 Å². The number of nitrogens with zero attached hydrogens (tertiary/aromatic N) is 9. The van der Waals surface area contributed by atoms with Crippen molar-refractivity contribution < 1.29 is 28.8 Å². The molecule has 1 amide bonds. The first-order chi connectivity index (χ1) is 35.5. The molecule has 0 unspecified atom stereocenters. The smallest absolute Gasteiger partial charge is 0.296 e. The number of aliphatic hydroxyl groups excluding tert-OH is 1. The van der Waals surface area contributed by atoms with Gasteiger partial charge in [-0.2, -0.15) is 4.98 Å². The van der Waals surface area contributed by atoms with Crippen LogP contribution in [0.3, 0.4) is 0 Å². The molecule has 5 aliphatic rings. The van der Waals surface area contributed by atoms with Gasteiger partial charge < -0.3 is 33.9 Å². The third-order valence-electron chi connectivity index (χ3n) is 15.1. The fraction of sp³-hybridized carbons (Fsp3) is 0.407. The molecule has 0 spiro atoms. The van der Waals surface area contributed by atoms with E-state index >= 15 is 0 Å². The number of aromatic amines is 1. The van der Waals surface area contributed by atoms with Gasteiger partial charge in [-0.3, -0.25) is 24.2 Å². The van der Waals surface area contributed by atoms with Gasteiger partial charge in [0.1, 0.15) is 47.5 Å². The van der Waals surface area contributed by atoms with Gasteiger partial charge in [0.15, 0.2) is 17.6 Å². The molecule has 19 heteroatoms. The van der Waals surface area contributed by atoms with Crippen LogP contribution in [0, 0.1) is 20.8 Å². The molecule has 0 saturated carbocycles. The van der Waals surface area contributed by atoms with Gasteiger partial charge in [-0.25, -0.2) is 4.98 Å². The second-order valence-electron chi connectivity index (χ2n) is 19.6. The summed E-state index contributed by atoms with van der Waals surface area (Å²) in [6.07, 6.45) is 0.362. The van der Waals surface area contributed by atoms with Gasteiger partial charge in [0.25, 0.3) is 6.01 Å². The predicted octanol–water partition coefficient (Wildman–Crippen LogP) is 8.04. The average molecular weight is 1040 g/mol. The van der Waals surface area contributed by atoms with E-state index in [-0.39, 0.29) is 31.1 Å². The number of H-pyrrole nitrogens is 1. The molecular formula is C54H56Cl2N10O6S. The number of imidazole rings is 1. The number of ether oxygens (including phenoxy) is 4. The Labute approximate surface area is 436 Å². The Kier molecular flexibility index (Phi) is 13.3. The molecule has 0 aliphatic carbocycles. The lowest BCUT2D eigenvalue weighted by Gasteiger charge is -2.42. The predicted molar refractivity (Wildman–Crippen MR) is 281 cm³/mol. The minimum atomic E-state index is -0.655. The van der Waals surface area contributed by atoms with Crippen molar-refractivity contribution in [3.63, 3.8) is 0 Å². The number of carbonyl (C=O) groups is 1. The maximum absolute atomic E-state index is 14.1. The number of pyridine rings is 1. The Morgan fingerprint density at radius 1 is 0.836 bits per heavy atom. The second-order valence-corrected chi connectivity index (χ2v) is 21.6. The van der Waals surface area contributed by atoms with E-state index in [4.69, 9.17) is 52.1 Å². The Bertz CT molecular complexity index is 3180. The van der Waals surface area contributed by atoms with Gasteiger partial charge in [-0.05, 0) is 80.6 Å². The van der Waals surface area contributed by atoms with E-state index in [2.05, 4.69) is 72.6 Å². The zero-order valence-electron chi connectivity index (χ0n) is 40.8. The highest BCUT2D eigenvalue weighted by atomic mass is 35.5. The maximum Gasteiger partial charge on any atom is 0.296 e. The SMILES string of the molecule is Cc1sc2c(c1C)C(c1ccc(Cl)cc1)=N[C@@H](CC(=O)N1CCC(N3CCN(CCOc4ccc(-c5ccc(-c6nc7nc(O[C@@H]8CO[C@H]9[C@@H]8OC[C@H]9O)[nH]c7cc6Cl)cc5)cc4)CC3)CC1)c1nnc(C)n1-2. The number of hydrogen-bond donors (Lipinski definition) is 2. The largest absolute Gasteiger partial charge is 0.492 e. The highest BCUT2D eigenvalue weighted by Gasteiger charge is 2.49. The van der Waals surface area contributed by atoms with Crippen LogP contribution in [0.15, 0.2) is 83.9 Å². The van der Waals surface area contributed by atoms with Crippen LogP contribution in [0.2, 0.25) is 10.0 Å². The van der Waals surface area contributed by atoms with Gasteiger partial charge >= 0.3 is 0 Å². The first-order valence-electron chi connectivity index (χ1n) is 25.1.